The van der Waals surface area contributed by atoms with Crippen LogP contribution in [-0.4, -0.2) is 16.1 Å². The van der Waals surface area contributed by atoms with E-state index in [2.05, 4.69) is 24.3 Å². The van der Waals surface area contributed by atoms with Crippen LogP contribution in [0.4, 0.5) is 0 Å². The van der Waals surface area contributed by atoms with E-state index in [9.17, 15) is 4.79 Å². The van der Waals surface area contributed by atoms with Crippen LogP contribution < -0.4 is 0 Å². The van der Waals surface area contributed by atoms with Gasteiger partial charge in [0.1, 0.15) is 0 Å². The Balaban J connectivity index is 1.67. The molecular formula is C17H19NO2S. The summed E-state index contributed by atoms with van der Waals surface area (Å²) in [6.07, 6.45) is 5.20. The van der Waals surface area contributed by atoms with Crippen LogP contribution in [0.15, 0.2) is 30.3 Å². The summed E-state index contributed by atoms with van der Waals surface area (Å²) in [6, 6.07) is 10.4. The number of thiazole rings is 1. The number of nitrogens with zero attached hydrogens (tertiary/aromatic N) is 1. The summed E-state index contributed by atoms with van der Waals surface area (Å²) in [7, 11) is 0. The number of benzene rings is 1. The van der Waals surface area contributed by atoms with Gasteiger partial charge in [-0.25, -0.2) is 4.98 Å². The maximum absolute atomic E-state index is 10.8. The quantitative estimate of drug-likeness (QED) is 0.845. The first kappa shape index (κ1) is 14.3. The molecule has 0 amide bonds. The lowest BCUT2D eigenvalue weighted by Gasteiger charge is -1.97. The number of rotatable bonds is 7. The maximum atomic E-state index is 10.8. The van der Waals surface area contributed by atoms with Gasteiger partial charge >= 0.3 is 5.97 Å². The van der Waals surface area contributed by atoms with Crippen LogP contribution in [-0.2, 0) is 24.1 Å². The zero-order valence-corrected chi connectivity index (χ0v) is 12.7. The fourth-order valence-corrected chi connectivity index (χ4v) is 3.65. The van der Waals surface area contributed by atoms with E-state index in [1.165, 1.54) is 29.0 Å². The molecule has 0 unspecified atom stereocenters. The molecule has 1 heterocycles. The number of carbonyl (C=O) groups is 1. The molecule has 0 atom stereocenters. The average molecular weight is 301 g/mol. The van der Waals surface area contributed by atoms with Gasteiger partial charge in [-0.1, -0.05) is 30.3 Å². The lowest BCUT2D eigenvalue weighted by Crippen LogP contribution is -1.98. The van der Waals surface area contributed by atoms with Gasteiger partial charge in [0.15, 0.2) is 0 Å². The van der Waals surface area contributed by atoms with E-state index in [4.69, 9.17) is 10.1 Å². The number of hydrogen-bond acceptors (Lipinski definition) is 3. The van der Waals surface area contributed by atoms with E-state index in [1.807, 2.05) is 6.07 Å². The molecule has 1 aliphatic rings. The predicted molar refractivity (Wildman–Crippen MR) is 83.9 cm³/mol. The Morgan fingerprint density at radius 3 is 2.62 bits per heavy atom. The van der Waals surface area contributed by atoms with Crippen molar-refractivity contribution < 1.29 is 9.90 Å². The van der Waals surface area contributed by atoms with Crippen LogP contribution in [0.5, 0.6) is 0 Å². The smallest absolute Gasteiger partial charge is 0.303 e. The molecule has 1 saturated carbocycles. The van der Waals surface area contributed by atoms with Crippen molar-refractivity contribution in [3.8, 4) is 0 Å². The first-order valence-corrected chi connectivity index (χ1v) is 8.28. The molecule has 1 aromatic heterocycles. The van der Waals surface area contributed by atoms with Gasteiger partial charge in [-0.2, -0.15) is 0 Å². The van der Waals surface area contributed by atoms with Gasteiger partial charge in [-0.05, 0) is 31.2 Å². The van der Waals surface area contributed by atoms with E-state index in [-0.39, 0.29) is 6.42 Å². The first-order chi connectivity index (χ1) is 10.2. The highest BCUT2D eigenvalue weighted by Crippen LogP contribution is 2.43. The average Bonchev–Trinajstić information content (AvgIpc) is 3.25. The molecule has 110 valence electrons. The van der Waals surface area contributed by atoms with Gasteiger partial charge in [0.25, 0.3) is 0 Å². The molecule has 0 aliphatic heterocycles. The van der Waals surface area contributed by atoms with Crippen LogP contribution in [0.1, 0.15) is 46.3 Å². The Morgan fingerprint density at radius 1 is 1.19 bits per heavy atom. The van der Waals surface area contributed by atoms with Gasteiger partial charge in [0.05, 0.1) is 17.1 Å². The number of aryl methyl sites for hydroxylation is 3. The zero-order valence-electron chi connectivity index (χ0n) is 11.9. The van der Waals surface area contributed by atoms with Crippen molar-refractivity contribution in [2.45, 2.75) is 44.4 Å². The number of aliphatic carboxylic acids is 1. The Hall–Kier alpha value is -1.68. The third-order valence-electron chi connectivity index (χ3n) is 3.77. The molecule has 3 rings (SSSR count). The summed E-state index contributed by atoms with van der Waals surface area (Å²) in [6.45, 7) is 0. The van der Waals surface area contributed by atoms with Crippen molar-refractivity contribution in [3.05, 3.63) is 51.5 Å². The van der Waals surface area contributed by atoms with Crippen LogP contribution in [0, 0.1) is 0 Å². The fraction of sp³-hybridized carbons (Fsp3) is 0.412. The maximum Gasteiger partial charge on any atom is 0.303 e. The van der Waals surface area contributed by atoms with Gasteiger partial charge in [-0.3, -0.25) is 4.79 Å². The molecular weight excluding hydrogens is 282 g/mol. The molecule has 3 nitrogen and oxygen atoms in total. The molecule has 0 saturated heterocycles. The number of hydrogen-bond donors (Lipinski definition) is 1. The number of carboxylic acids is 1. The van der Waals surface area contributed by atoms with E-state index >= 15 is 0 Å². The van der Waals surface area contributed by atoms with E-state index in [1.54, 1.807) is 11.3 Å². The lowest BCUT2D eigenvalue weighted by atomic mass is 10.1. The monoisotopic (exact) mass is 301 g/mol. The SMILES string of the molecule is O=C(O)CCc1sc(CCc2ccccc2)nc1C1CC1. The summed E-state index contributed by atoms with van der Waals surface area (Å²) in [5.74, 6) is -0.133. The predicted octanol–water partition coefficient (Wildman–Crippen LogP) is 3.82. The largest absolute Gasteiger partial charge is 0.481 e. The van der Waals surface area contributed by atoms with E-state index in [0.717, 1.165) is 17.8 Å². The van der Waals surface area contributed by atoms with Crippen LogP contribution in [0.25, 0.3) is 0 Å². The van der Waals surface area contributed by atoms with Crippen molar-refractivity contribution in [1.29, 1.82) is 0 Å². The van der Waals surface area contributed by atoms with Crippen molar-refractivity contribution in [3.63, 3.8) is 0 Å². The second-order valence-corrected chi connectivity index (χ2v) is 6.74. The molecule has 1 fully saturated rings. The number of aromatic nitrogens is 1. The second kappa shape index (κ2) is 6.39. The van der Waals surface area contributed by atoms with Gasteiger partial charge in [-0.15, -0.1) is 11.3 Å². The first-order valence-electron chi connectivity index (χ1n) is 7.46. The molecule has 1 aliphatic carbocycles. The minimum Gasteiger partial charge on any atom is -0.481 e. The van der Waals surface area contributed by atoms with Gasteiger partial charge in [0.2, 0.25) is 0 Å². The normalized spacial score (nSPS) is 14.3. The molecule has 1 N–H and O–H groups in total. The number of carboxylic acid groups (broad SMARTS) is 1. The van der Waals surface area contributed by atoms with E-state index in [0.29, 0.717) is 12.3 Å². The Kier molecular flexibility index (Phi) is 4.34. The molecule has 0 radical (unpaired) electrons. The molecule has 0 bridgehead atoms. The lowest BCUT2D eigenvalue weighted by molar-refractivity contribution is -0.136. The zero-order chi connectivity index (χ0) is 14.7. The topological polar surface area (TPSA) is 50.2 Å². The third kappa shape index (κ3) is 3.91. The highest BCUT2D eigenvalue weighted by Gasteiger charge is 2.29. The van der Waals surface area contributed by atoms with Crippen molar-refractivity contribution in [1.82, 2.24) is 4.98 Å². The third-order valence-corrected chi connectivity index (χ3v) is 4.96. The summed E-state index contributed by atoms with van der Waals surface area (Å²) < 4.78 is 0. The molecule has 0 spiro atoms. The van der Waals surface area contributed by atoms with Crippen LogP contribution >= 0.6 is 11.3 Å². The highest BCUT2D eigenvalue weighted by molar-refractivity contribution is 7.11. The Labute approximate surface area is 128 Å². The van der Waals surface area contributed by atoms with Gasteiger partial charge in [0, 0.05) is 17.2 Å². The minimum absolute atomic E-state index is 0.208. The Bertz CT molecular complexity index is 617. The highest BCUT2D eigenvalue weighted by atomic mass is 32.1. The summed E-state index contributed by atoms with van der Waals surface area (Å²) in [5, 5.41) is 10.0. The molecule has 21 heavy (non-hydrogen) atoms. The van der Waals surface area contributed by atoms with Crippen LogP contribution in [0.3, 0.4) is 0 Å². The minimum atomic E-state index is -0.726. The summed E-state index contributed by atoms with van der Waals surface area (Å²) in [5.41, 5.74) is 2.51. The van der Waals surface area contributed by atoms with Crippen molar-refractivity contribution >= 4 is 17.3 Å². The van der Waals surface area contributed by atoms with Crippen LogP contribution in [0.2, 0.25) is 0 Å². The standard InChI is InChI=1S/C17H19NO2S/c19-16(20)11-9-14-17(13-7-8-13)18-15(21-14)10-6-12-4-2-1-3-5-12/h1-5,13H,6-11H2,(H,19,20). The van der Waals surface area contributed by atoms with Gasteiger partial charge < -0.3 is 5.11 Å². The molecule has 2 aromatic rings. The fourth-order valence-electron chi connectivity index (χ4n) is 2.49. The second-order valence-electron chi connectivity index (χ2n) is 5.57. The van der Waals surface area contributed by atoms with Crippen molar-refractivity contribution in [2.75, 3.05) is 0 Å². The molecule has 1 aromatic carbocycles. The summed E-state index contributed by atoms with van der Waals surface area (Å²) in [4.78, 5) is 16.8. The van der Waals surface area contributed by atoms with Crippen molar-refractivity contribution in [2.24, 2.45) is 0 Å². The summed E-state index contributed by atoms with van der Waals surface area (Å²) >= 11 is 1.71. The van der Waals surface area contributed by atoms with E-state index < -0.39 is 5.97 Å². The molecule has 4 heteroatoms. The Morgan fingerprint density at radius 2 is 1.95 bits per heavy atom.